The maximum atomic E-state index is 13.8. The summed E-state index contributed by atoms with van der Waals surface area (Å²) >= 11 is 0. The largest absolute Gasteiger partial charge is 0.469 e. The highest BCUT2D eigenvalue weighted by Gasteiger charge is 2.48. The summed E-state index contributed by atoms with van der Waals surface area (Å²) in [6.07, 6.45) is -5.87. The Morgan fingerprint density at radius 2 is 0.389 bits per heavy atom. The van der Waals surface area contributed by atoms with Crippen molar-refractivity contribution in [3.8, 4) is 0 Å². The van der Waals surface area contributed by atoms with E-state index >= 15 is 0 Å². The Morgan fingerprint density at radius 3 is 0.486 bits per heavy atom. The predicted octanol–water partition coefficient (Wildman–Crippen LogP) is -2.00. The molecule has 6 unspecified atom stereocenters. The predicted molar refractivity (Wildman–Crippen MR) is 241 cm³/mol. The van der Waals surface area contributed by atoms with E-state index in [9.17, 15) is 57.5 Å². The van der Waals surface area contributed by atoms with Crippen molar-refractivity contribution >= 4 is 94.2 Å². The zero-order valence-electron chi connectivity index (χ0n) is 41.2. The minimum Gasteiger partial charge on any atom is -0.469 e. The summed E-state index contributed by atoms with van der Waals surface area (Å²) in [5.41, 5.74) is 0. The van der Waals surface area contributed by atoms with E-state index in [0.29, 0.717) is 0 Å². The van der Waals surface area contributed by atoms with Gasteiger partial charge in [0.1, 0.15) is 36.3 Å². The number of rotatable bonds is 30. The summed E-state index contributed by atoms with van der Waals surface area (Å²) < 4.78 is 73.3. The Kier molecular flexibility index (Phi) is 27.5. The minimum absolute atomic E-state index is 0.885. The lowest BCUT2D eigenvalue weighted by molar-refractivity contribution is -0.149. The van der Waals surface area contributed by atoms with Crippen molar-refractivity contribution in [3.05, 3.63) is 0 Å². The molecule has 33 nitrogen and oxygen atoms in total. The van der Waals surface area contributed by atoms with E-state index in [0.717, 1.165) is 85.3 Å². The van der Waals surface area contributed by atoms with Gasteiger partial charge in [-0.1, -0.05) is 0 Å². The minimum atomic E-state index is -5.14. The molecule has 36 heteroatoms. The van der Waals surface area contributed by atoms with Gasteiger partial charge in [-0.25, -0.2) is 30.5 Å². The van der Waals surface area contributed by atoms with Gasteiger partial charge in [-0.05, 0) is 0 Å². The molecule has 1 rings (SSSR count). The van der Waals surface area contributed by atoms with Gasteiger partial charge in [0.15, 0.2) is 0 Å². The molecule has 72 heavy (non-hydrogen) atoms. The zero-order chi connectivity index (χ0) is 55.0. The first-order chi connectivity index (χ1) is 33.9. The van der Waals surface area contributed by atoms with Crippen LogP contribution in [0.3, 0.4) is 0 Å². The molecule has 0 fully saturated rings. The summed E-state index contributed by atoms with van der Waals surface area (Å²) in [5, 5.41) is 16.2. The van der Waals surface area contributed by atoms with Gasteiger partial charge in [-0.3, -0.25) is 57.5 Å². The highest BCUT2D eigenvalue weighted by molar-refractivity contribution is 7.83. The number of hydrogen-bond acceptors (Lipinski definition) is 33. The third kappa shape index (κ3) is 19.6. The first-order valence-corrected chi connectivity index (χ1v) is 25.5. The second kappa shape index (κ2) is 30.9. The molecular weight excluding hydrogens is 1040 g/mol. The van der Waals surface area contributed by atoms with E-state index in [1.807, 2.05) is 0 Å². The van der Waals surface area contributed by atoms with Crippen LogP contribution < -0.4 is 30.5 Å². The van der Waals surface area contributed by atoms with Crippen LogP contribution >= 0.6 is 22.5 Å². The second-order valence-electron chi connectivity index (χ2n) is 14.0. The van der Waals surface area contributed by atoms with E-state index in [2.05, 4.69) is 30.5 Å². The molecule has 0 aromatic heterocycles. The van der Waals surface area contributed by atoms with Crippen LogP contribution in [0, 0.1) is 0 Å². The summed E-state index contributed by atoms with van der Waals surface area (Å²) in [5.74, 6) is -14.5. The van der Waals surface area contributed by atoms with Crippen LogP contribution in [0.5, 0.6) is 0 Å². The van der Waals surface area contributed by atoms with Crippen molar-refractivity contribution < 1.29 is 114 Å². The molecule has 0 aromatic carbocycles. The first-order valence-electron chi connectivity index (χ1n) is 20.4. The molecule has 1 heterocycles. The Bertz CT molecular complexity index is 1830. The van der Waals surface area contributed by atoms with Crippen LogP contribution in [-0.4, -0.2) is 193 Å². The van der Waals surface area contributed by atoms with Crippen molar-refractivity contribution in [2.45, 2.75) is 74.8 Å². The van der Waals surface area contributed by atoms with E-state index in [4.69, 9.17) is 70.4 Å². The van der Waals surface area contributed by atoms with Gasteiger partial charge < -0.3 is 56.8 Å². The number of nitrogens with zero attached hydrogens (tertiary/aromatic N) is 3. The molecule has 0 bridgehead atoms. The maximum Gasteiger partial charge on any atom is 0.323 e. The van der Waals surface area contributed by atoms with Gasteiger partial charge in [-0.15, -0.1) is 0 Å². The van der Waals surface area contributed by atoms with Crippen LogP contribution in [0.2, 0.25) is 0 Å². The van der Waals surface area contributed by atoms with Crippen LogP contribution in [0.1, 0.15) is 38.5 Å². The Hall–Kier alpha value is -5.91. The number of hydrogen-bond donors (Lipinski definition) is 6. The third-order valence-corrected chi connectivity index (χ3v) is 19.5. The lowest BCUT2D eigenvalue weighted by Crippen LogP contribution is -2.49. The standard InChI is InChI=1S/C36H60N9O24P3/c1-58-25(46)13-19(31(52)64-7)37-70(38-20(32(53)65-8)14-26(47)59-2)43-71(39-21(33(54)66-9)15-27(48)60-3,40-22(34(55)67-10)16-28(49)61-4)45-72(44-70,41-23(35(56)68-11)17-29(50)62-5)42-24(36(57)69-12)18-30(51)63-6/h19-24,37-42H,13-18H2,1-12H3. The molecule has 6 atom stereocenters. The first kappa shape index (κ1) is 64.1. The van der Waals surface area contributed by atoms with Crippen LogP contribution in [0.15, 0.2) is 13.5 Å². The summed E-state index contributed by atoms with van der Waals surface area (Å²) in [6.45, 7) is 0. The smallest absolute Gasteiger partial charge is 0.323 e. The number of carbonyl (C=O) groups is 12. The number of carbonyl (C=O) groups excluding carboxylic acids is 12. The zero-order valence-corrected chi connectivity index (χ0v) is 43.9. The quantitative estimate of drug-likeness (QED) is 0.0257. The van der Waals surface area contributed by atoms with E-state index in [1.165, 1.54) is 0 Å². The van der Waals surface area contributed by atoms with Gasteiger partial charge in [0.2, 0.25) is 22.5 Å². The van der Waals surface area contributed by atoms with E-state index in [-0.39, 0.29) is 0 Å². The maximum absolute atomic E-state index is 13.8. The monoisotopic (exact) mass is 1100 g/mol. The second-order valence-corrected chi connectivity index (χ2v) is 21.3. The molecule has 0 amide bonds. The molecule has 408 valence electrons. The molecule has 0 aliphatic carbocycles. The van der Waals surface area contributed by atoms with Gasteiger partial charge in [0.25, 0.3) is 0 Å². The van der Waals surface area contributed by atoms with Crippen LogP contribution in [0.25, 0.3) is 0 Å². The molecule has 0 radical (unpaired) electrons. The SMILES string of the molecule is COC(=O)CC(NP1(NC(CC(=O)OC)C(=O)OC)=NP(NC(CC(=O)OC)C(=O)OC)(NC(CC(=O)OC)C(=O)OC)=NP(NC(CC(=O)OC)C(=O)OC)(NC(CC(=O)OC)C(=O)OC)=N1)C(=O)OC. The normalized spacial score (nSPS) is 20.3. The van der Waals surface area contributed by atoms with E-state index < -0.39 is 169 Å². The van der Waals surface area contributed by atoms with Crippen molar-refractivity contribution in [2.75, 3.05) is 85.3 Å². The topological polar surface area (TPSA) is 425 Å². The van der Waals surface area contributed by atoms with E-state index in [1.54, 1.807) is 0 Å². The molecule has 0 spiro atoms. The number of nitrogens with one attached hydrogen (secondary N) is 6. The molecule has 0 saturated heterocycles. The molecule has 1 aliphatic heterocycles. The van der Waals surface area contributed by atoms with Gasteiger partial charge >= 0.3 is 71.6 Å². The van der Waals surface area contributed by atoms with Gasteiger partial charge in [-0.2, -0.15) is 13.5 Å². The molecule has 0 saturated carbocycles. The Morgan fingerprint density at radius 1 is 0.264 bits per heavy atom. The Balaban J connectivity index is 5.53. The number of ether oxygens (including phenoxy) is 12. The fourth-order valence-corrected chi connectivity index (χ4v) is 18.2. The fourth-order valence-electron chi connectivity index (χ4n) is 5.78. The summed E-state index contributed by atoms with van der Waals surface area (Å²) in [6, 6.07) is -12.1. The third-order valence-electron chi connectivity index (χ3n) is 9.30. The van der Waals surface area contributed by atoms with Gasteiger partial charge in [0.05, 0.1) is 124 Å². The van der Waals surface area contributed by atoms with Crippen molar-refractivity contribution in [3.63, 3.8) is 0 Å². The lowest BCUT2D eigenvalue weighted by atomic mass is 10.2. The number of esters is 12. The molecule has 1 aliphatic rings. The number of methoxy groups -OCH3 is 12. The summed E-state index contributed by atoms with van der Waals surface area (Å²) in [7, 11) is -4.47. The molecule has 0 aromatic rings. The summed E-state index contributed by atoms with van der Waals surface area (Å²) in [4.78, 5) is 161. The van der Waals surface area contributed by atoms with Crippen LogP contribution in [0.4, 0.5) is 0 Å². The fraction of sp³-hybridized carbons (Fsp3) is 0.667. The average Bonchev–Trinajstić information content (AvgIpc) is 3.37. The van der Waals surface area contributed by atoms with Crippen molar-refractivity contribution in [1.29, 1.82) is 0 Å². The van der Waals surface area contributed by atoms with Crippen molar-refractivity contribution in [2.24, 2.45) is 13.5 Å². The van der Waals surface area contributed by atoms with Crippen molar-refractivity contribution in [1.82, 2.24) is 30.5 Å². The molecule has 6 N–H and O–H groups in total. The molecular formula is C36H60N9O24P3. The van der Waals surface area contributed by atoms with Crippen LogP contribution in [-0.2, 0) is 114 Å². The van der Waals surface area contributed by atoms with Gasteiger partial charge in [0, 0.05) is 0 Å². The Labute approximate surface area is 412 Å². The average molecular weight is 1100 g/mol. The lowest BCUT2D eigenvalue weighted by Gasteiger charge is -2.41. The highest BCUT2D eigenvalue weighted by atomic mass is 31.3. The highest BCUT2D eigenvalue weighted by Crippen LogP contribution is 2.72.